The fourth-order valence-corrected chi connectivity index (χ4v) is 3.39. The standard InChI is InChI=1S/C19H31N3O/c1-19(2,3)12-17(15-8-7-11-20-13-15)21-18(23)14-22(4)16-9-5-6-10-16/h7-8,11,13,16-17H,5-6,9-10,12,14H2,1-4H3,(H,21,23)/t17-/m0/s1. The van der Waals surface area contributed by atoms with E-state index >= 15 is 0 Å². The van der Waals surface area contributed by atoms with Crippen LogP contribution in [0.25, 0.3) is 0 Å². The van der Waals surface area contributed by atoms with E-state index in [1.54, 1.807) is 6.20 Å². The van der Waals surface area contributed by atoms with Gasteiger partial charge in [-0.15, -0.1) is 0 Å². The Kier molecular flexibility index (Phi) is 6.17. The molecule has 0 bridgehead atoms. The van der Waals surface area contributed by atoms with Crippen molar-refractivity contribution in [2.24, 2.45) is 5.41 Å². The fraction of sp³-hybridized carbons (Fsp3) is 0.684. The first-order valence-electron chi connectivity index (χ1n) is 8.75. The van der Waals surface area contributed by atoms with Crippen LogP contribution in [0, 0.1) is 5.41 Å². The smallest absolute Gasteiger partial charge is 0.234 e. The average Bonchev–Trinajstić information content (AvgIpc) is 3.00. The van der Waals surface area contributed by atoms with E-state index in [9.17, 15) is 4.79 Å². The molecule has 1 fully saturated rings. The second kappa shape index (κ2) is 7.91. The van der Waals surface area contributed by atoms with Crippen LogP contribution < -0.4 is 5.32 Å². The summed E-state index contributed by atoms with van der Waals surface area (Å²) in [6, 6.07) is 4.57. The van der Waals surface area contributed by atoms with Gasteiger partial charge in [0.15, 0.2) is 0 Å². The zero-order valence-corrected chi connectivity index (χ0v) is 15.0. The molecule has 0 aromatic carbocycles. The Morgan fingerprint density at radius 3 is 2.65 bits per heavy atom. The summed E-state index contributed by atoms with van der Waals surface area (Å²) in [4.78, 5) is 18.9. The van der Waals surface area contributed by atoms with Gasteiger partial charge in [-0.25, -0.2) is 0 Å². The molecule has 1 aliphatic rings. The molecule has 23 heavy (non-hydrogen) atoms. The van der Waals surface area contributed by atoms with E-state index in [-0.39, 0.29) is 17.4 Å². The summed E-state index contributed by atoms with van der Waals surface area (Å²) in [6.07, 6.45) is 9.55. The van der Waals surface area contributed by atoms with Crippen molar-refractivity contribution in [1.82, 2.24) is 15.2 Å². The highest BCUT2D eigenvalue weighted by Crippen LogP contribution is 2.29. The number of nitrogens with one attached hydrogen (secondary N) is 1. The van der Waals surface area contributed by atoms with Crippen LogP contribution in [-0.2, 0) is 4.79 Å². The first-order chi connectivity index (χ1) is 10.8. The van der Waals surface area contributed by atoms with Crippen LogP contribution in [0.4, 0.5) is 0 Å². The third-order valence-electron chi connectivity index (χ3n) is 4.58. The lowest BCUT2D eigenvalue weighted by Crippen LogP contribution is -2.41. The summed E-state index contributed by atoms with van der Waals surface area (Å²) in [7, 11) is 2.07. The Balaban J connectivity index is 1.97. The minimum Gasteiger partial charge on any atom is -0.348 e. The third-order valence-corrected chi connectivity index (χ3v) is 4.58. The number of rotatable bonds is 6. The third kappa shape index (κ3) is 5.94. The summed E-state index contributed by atoms with van der Waals surface area (Å²) in [5.74, 6) is 0.109. The fourth-order valence-electron chi connectivity index (χ4n) is 3.39. The van der Waals surface area contributed by atoms with Crippen LogP contribution in [0.15, 0.2) is 24.5 Å². The van der Waals surface area contributed by atoms with Crippen molar-refractivity contribution in [2.45, 2.75) is 65.0 Å². The largest absolute Gasteiger partial charge is 0.348 e. The minimum absolute atomic E-state index is 0.0215. The molecule has 0 radical (unpaired) electrons. The zero-order chi connectivity index (χ0) is 16.9. The van der Waals surface area contributed by atoms with E-state index < -0.39 is 0 Å². The second-order valence-corrected chi connectivity index (χ2v) is 8.02. The number of nitrogens with zero attached hydrogens (tertiary/aromatic N) is 2. The molecule has 4 heteroatoms. The molecule has 1 N–H and O–H groups in total. The maximum absolute atomic E-state index is 12.5. The van der Waals surface area contributed by atoms with Gasteiger partial charge in [0.05, 0.1) is 12.6 Å². The molecule has 1 atom stereocenters. The number of carbonyl (C=O) groups is 1. The normalized spacial score (nSPS) is 17.4. The highest BCUT2D eigenvalue weighted by Gasteiger charge is 2.25. The SMILES string of the molecule is CN(CC(=O)N[C@@H](CC(C)(C)C)c1cccnc1)C1CCCC1. The van der Waals surface area contributed by atoms with E-state index in [1.165, 1.54) is 25.7 Å². The minimum atomic E-state index is 0.0215. The Labute approximate surface area is 140 Å². The molecule has 1 aromatic heterocycles. The molecule has 1 aliphatic carbocycles. The van der Waals surface area contributed by atoms with E-state index in [1.807, 2.05) is 18.3 Å². The van der Waals surface area contributed by atoms with Gasteiger partial charge in [0.1, 0.15) is 0 Å². The van der Waals surface area contributed by atoms with Gasteiger partial charge in [0, 0.05) is 18.4 Å². The maximum Gasteiger partial charge on any atom is 0.234 e. The van der Waals surface area contributed by atoms with Gasteiger partial charge >= 0.3 is 0 Å². The summed E-state index contributed by atoms with van der Waals surface area (Å²) < 4.78 is 0. The van der Waals surface area contributed by atoms with Crippen LogP contribution in [0.1, 0.15) is 64.5 Å². The van der Waals surface area contributed by atoms with Crippen LogP contribution >= 0.6 is 0 Å². The summed E-state index contributed by atoms with van der Waals surface area (Å²) >= 11 is 0. The molecule has 0 unspecified atom stereocenters. The predicted molar refractivity (Wildman–Crippen MR) is 94.1 cm³/mol. The number of pyridine rings is 1. The molecule has 1 amide bonds. The predicted octanol–water partition coefficient (Wildman–Crippen LogP) is 3.55. The number of likely N-dealkylation sites (N-methyl/N-ethyl adjacent to an activating group) is 1. The Hall–Kier alpha value is -1.42. The van der Waals surface area contributed by atoms with Gasteiger partial charge in [0.25, 0.3) is 0 Å². The van der Waals surface area contributed by atoms with Crippen LogP contribution in [0.2, 0.25) is 0 Å². The van der Waals surface area contributed by atoms with Crippen molar-refractivity contribution < 1.29 is 4.79 Å². The van der Waals surface area contributed by atoms with Crippen molar-refractivity contribution in [3.63, 3.8) is 0 Å². The van der Waals surface area contributed by atoms with Crippen molar-refractivity contribution in [3.8, 4) is 0 Å². The second-order valence-electron chi connectivity index (χ2n) is 8.02. The van der Waals surface area contributed by atoms with E-state index in [0.29, 0.717) is 12.6 Å². The molecule has 2 rings (SSSR count). The summed E-state index contributed by atoms with van der Waals surface area (Å²) in [5.41, 5.74) is 1.23. The van der Waals surface area contributed by atoms with Gasteiger partial charge < -0.3 is 5.32 Å². The van der Waals surface area contributed by atoms with Gasteiger partial charge in [-0.2, -0.15) is 0 Å². The quantitative estimate of drug-likeness (QED) is 0.872. The lowest BCUT2D eigenvalue weighted by Gasteiger charge is -2.29. The molecule has 4 nitrogen and oxygen atoms in total. The molecule has 1 heterocycles. The van der Waals surface area contributed by atoms with Crippen LogP contribution in [0.5, 0.6) is 0 Å². The molecule has 1 aromatic rings. The average molecular weight is 317 g/mol. The Morgan fingerprint density at radius 1 is 1.39 bits per heavy atom. The number of hydrogen-bond donors (Lipinski definition) is 1. The van der Waals surface area contributed by atoms with E-state index in [4.69, 9.17) is 0 Å². The number of hydrogen-bond acceptors (Lipinski definition) is 3. The van der Waals surface area contributed by atoms with Crippen LogP contribution in [0.3, 0.4) is 0 Å². The van der Waals surface area contributed by atoms with Crippen molar-refractivity contribution in [1.29, 1.82) is 0 Å². The first-order valence-corrected chi connectivity index (χ1v) is 8.75. The molecule has 0 saturated heterocycles. The monoisotopic (exact) mass is 317 g/mol. The van der Waals surface area contributed by atoms with E-state index in [0.717, 1.165) is 12.0 Å². The number of carbonyl (C=O) groups excluding carboxylic acids is 1. The van der Waals surface area contributed by atoms with E-state index in [2.05, 4.69) is 43.0 Å². The lowest BCUT2D eigenvalue weighted by atomic mass is 9.86. The summed E-state index contributed by atoms with van der Waals surface area (Å²) in [5, 5.41) is 3.22. The van der Waals surface area contributed by atoms with Crippen molar-refractivity contribution in [3.05, 3.63) is 30.1 Å². The van der Waals surface area contributed by atoms with Gasteiger partial charge in [-0.1, -0.05) is 39.7 Å². The van der Waals surface area contributed by atoms with Crippen LogP contribution in [-0.4, -0.2) is 35.4 Å². The van der Waals surface area contributed by atoms with Crippen molar-refractivity contribution in [2.75, 3.05) is 13.6 Å². The van der Waals surface area contributed by atoms with Gasteiger partial charge in [0.2, 0.25) is 5.91 Å². The van der Waals surface area contributed by atoms with Crippen molar-refractivity contribution >= 4 is 5.91 Å². The zero-order valence-electron chi connectivity index (χ0n) is 15.0. The maximum atomic E-state index is 12.5. The Morgan fingerprint density at radius 2 is 2.09 bits per heavy atom. The first kappa shape index (κ1) is 17.9. The molecule has 0 spiro atoms. The topological polar surface area (TPSA) is 45.2 Å². The highest BCUT2D eigenvalue weighted by molar-refractivity contribution is 5.78. The highest BCUT2D eigenvalue weighted by atomic mass is 16.2. The van der Waals surface area contributed by atoms with Gasteiger partial charge in [-0.3, -0.25) is 14.7 Å². The molecule has 0 aliphatic heterocycles. The Bertz CT molecular complexity index is 489. The molecular formula is C19H31N3O. The van der Waals surface area contributed by atoms with Gasteiger partial charge in [-0.05, 0) is 43.4 Å². The number of amides is 1. The summed E-state index contributed by atoms with van der Waals surface area (Å²) in [6.45, 7) is 7.08. The lowest BCUT2D eigenvalue weighted by molar-refractivity contribution is -0.123. The molecule has 128 valence electrons. The number of aromatic nitrogens is 1. The molecular weight excluding hydrogens is 286 g/mol. The molecule has 1 saturated carbocycles.